The highest BCUT2D eigenvalue weighted by Gasteiger charge is 2.19. The fourth-order valence-electron chi connectivity index (χ4n) is 1.32. The molecule has 100 valence electrons. The maximum Gasteiger partial charge on any atom is 0.326 e. The van der Waals surface area contributed by atoms with Crippen LogP contribution < -0.4 is 11.1 Å². The Bertz CT molecular complexity index is 346. The molecular weight excluding hydrogens is 236 g/mol. The summed E-state index contributed by atoms with van der Waals surface area (Å²) in [5.41, 5.74) is 4.92. The smallest absolute Gasteiger partial charge is 0.326 e. The summed E-state index contributed by atoms with van der Waals surface area (Å²) < 4.78 is 0. The molecule has 0 fully saturated rings. The van der Waals surface area contributed by atoms with Crippen LogP contribution in [0.15, 0.2) is 0 Å². The predicted octanol–water partition coefficient (Wildman–Crippen LogP) is 0.0149. The minimum absolute atomic E-state index is 0.000756. The molecule has 4 N–H and O–H groups in total. The van der Waals surface area contributed by atoms with E-state index in [1.165, 1.54) is 0 Å². The Morgan fingerprint density at radius 1 is 1.28 bits per heavy atom. The van der Waals surface area contributed by atoms with Crippen molar-refractivity contribution in [1.82, 2.24) is 5.32 Å². The van der Waals surface area contributed by atoms with Crippen LogP contribution in [0.3, 0.4) is 0 Å². The van der Waals surface area contributed by atoms with Gasteiger partial charge in [0.2, 0.25) is 11.8 Å². The topological polar surface area (TPSA) is 109 Å². The number of primary amides is 1. The molecule has 0 aromatic heterocycles. The van der Waals surface area contributed by atoms with Gasteiger partial charge in [-0.1, -0.05) is 0 Å². The molecule has 0 aliphatic carbocycles. The molecule has 0 aliphatic rings. The number of carboxylic acid groups (broad SMARTS) is 1. The number of rotatable bonds is 9. The Balaban J connectivity index is 4.00. The first-order valence-electron chi connectivity index (χ1n) is 5.71. The van der Waals surface area contributed by atoms with Gasteiger partial charge in [-0.3, -0.25) is 9.59 Å². The van der Waals surface area contributed by atoms with E-state index in [4.69, 9.17) is 17.3 Å². The van der Waals surface area contributed by atoms with Crippen LogP contribution in [0.25, 0.3) is 0 Å². The van der Waals surface area contributed by atoms with Gasteiger partial charge in [0.25, 0.3) is 0 Å². The molecule has 2 amide bonds. The summed E-state index contributed by atoms with van der Waals surface area (Å²) in [6.45, 7) is 0. The van der Waals surface area contributed by atoms with Crippen LogP contribution >= 0.6 is 0 Å². The Labute approximate surface area is 106 Å². The second-order valence-corrected chi connectivity index (χ2v) is 3.87. The summed E-state index contributed by atoms with van der Waals surface area (Å²) in [4.78, 5) is 32.8. The lowest BCUT2D eigenvalue weighted by Crippen LogP contribution is -2.41. The van der Waals surface area contributed by atoms with Crippen molar-refractivity contribution in [2.24, 2.45) is 5.73 Å². The van der Waals surface area contributed by atoms with Crippen molar-refractivity contribution in [2.75, 3.05) is 0 Å². The lowest BCUT2D eigenvalue weighted by atomic mass is 10.1. The van der Waals surface area contributed by atoms with Crippen LogP contribution in [0.1, 0.15) is 38.5 Å². The first-order chi connectivity index (χ1) is 8.47. The van der Waals surface area contributed by atoms with E-state index in [9.17, 15) is 14.4 Å². The highest BCUT2D eigenvalue weighted by atomic mass is 16.4. The van der Waals surface area contributed by atoms with Gasteiger partial charge in [-0.2, -0.15) is 0 Å². The molecule has 0 spiro atoms. The van der Waals surface area contributed by atoms with Crippen molar-refractivity contribution in [3.63, 3.8) is 0 Å². The molecule has 1 atom stereocenters. The lowest BCUT2D eigenvalue weighted by Gasteiger charge is -2.13. The molecule has 6 heteroatoms. The standard InChI is InChI=1S/C12H18N2O4/c1-2-3-4-5-6-11(16)14-9(12(17)18)7-8-10(13)15/h1,9H,3-8H2,(H2,13,15)(H,14,16)(H,17,18)/t9-/m1/s1. The minimum atomic E-state index is -1.17. The molecule has 18 heavy (non-hydrogen) atoms. The van der Waals surface area contributed by atoms with E-state index in [1.54, 1.807) is 0 Å². The number of nitrogens with one attached hydrogen (secondary N) is 1. The second kappa shape index (κ2) is 9.05. The fraction of sp³-hybridized carbons (Fsp3) is 0.583. The molecule has 0 unspecified atom stereocenters. The third kappa shape index (κ3) is 8.16. The Kier molecular flexibility index (Phi) is 8.03. The number of nitrogens with two attached hydrogens (primary N) is 1. The summed E-state index contributed by atoms with van der Waals surface area (Å²) in [5, 5.41) is 11.2. The van der Waals surface area contributed by atoms with Crippen LogP contribution in [-0.2, 0) is 14.4 Å². The van der Waals surface area contributed by atoms with Gasteiger partial charge in [0.1, 0.15) is 6.04 Å². The van der Waals surface area contributed by atoms with Crippen molar-refractivity contribution in [2.45, 2.75) is 44.6 Å². The van der Waals surface area contributed by atoms with Gasteiger partial charge in [0.05, 0.1) is 0 Å². The predicted molar refractivity (Wildman–Crippen MR) is 65.3 cm³/mol. The number of hydrogen-bond donors (Lipinski definition) is 3. The van der Waals surface area contributed by atoms with Crippen LogP contribution in [0.5, 0.6) is 0 Å². The van der Waals surface area contributed by atoms with Gasteiger partial charge in [0, 0.05) is 19.3 Å². The molecule has 6 nitrogen and oxygen atoms in total. The van der Waals surface area contributed by atoms with E-state index in [2.05, 4.69) is 11.2 Å². The van der Waals surface area contributed by atoms with Crippen LogP contribution in [0.2, 0.25) is 0 Å². The molecule has 0 radical (unpaired) electrons. The molecule has 0 aromatic rings. The number of carbonyl (C=O) groups is 3. The molecule has 0 aliphatic heterocycles. The van der Waals surface area contributed by atoms with Gasteiger partial charge >= 0.3 is 5.97 Å². The van der Waals surface area contributed by atoms with Crippen LogP contribution in [0, 0.1) is 12.3 Å². The molecule has 0 heterocycles. The van der Waals surface area contributed by atoms with Gasteiger partial charge < -0.3 is 16.2 Å². The zero-order valence-electron chi connectivity index (χ0n) is 10.1. The van der Waals surface area contributed by atoms with Gasteiger partial charge in [-0.15, -0.1) is 12.3 Å². The van der Waals surface area contributed by atoms with E-state index in [0.29, 0.717) is 12.8 Å². The number of unbranched alkanes of at least 4 members (excludes halogenated alkanes) is 2. The maximum absolute atomic E-state index is 11.4. The minimum Gasteiger partial charge on any atom is -0.480 e. The summed E-state index contributed by atoms with van der Waals surface area (Å²) in [6, 6.07) is -1.07. The number of terminal acetylenes is 1. The summed E-state index contributed by atoms with van der Waals surface area (Å²) in [7, 11) is 0. The number of amides is 2. The van der Waals surface area contributed by atoms with Crippen LogP contribution in [-0.4, -0.2) is 28.9 Å². The molecule has 0 saturated heterocycles. The van der Waals surface area contributed by atoms with Crippen molar-refractivity contribution < 1.29 is 19.5 Å². The normalized spacial score (nSPS) is 11.3. The number of carbonyl (C=O) groups excluding carboxylic acids is 2. The highest BCUT2D eigenvalue weighted by Crippen LogP contribution is 2.02. The average Bonchev–Trinajstić information content (AvgIpc) is 2.29. The average molecular weight is 254 g/mol. The van der Waals surface area contributed by atoms with Crippen molar-refractivity contribution >= 4 is 17.8 Å². The summed E-state index contributed by atoms with van der Waals surface area (Å²) >= 11 is 0. The molecule has 0 saturated carbocycles. The Hall–Kier alpha value is -2.03. The van der Waals surface area contributed by atoms with Crippen molar-refractivity contribution in [3.05, 3.63) is 0 Å². The third-order valence-electron chi connectivity index (χ3n) is 2.29. The second-order valence-electron chi connectivity index (χ2n) is 3.87. The molecule has 0 aromatic carbocycles. The maximum atomic E-state index is 11.4. The lowest BCUT2D eigenvalue weighted by molar-refractivity contribution is -0.142. The van der Waals surface area contributed by atoms with Gasteiger partial charge in [-0.05, 0) is 19.3 Å². The van der Waals surface area contributed by atoms with E-state index in [1.807, 2.05) is 0 Å². The number of aliphatic carboxylic acids is 1. The first-order valence-corrected chi connectivity index (χ1v) is 5.71. The van der Waals surface area contributed by atoms with Gasteiger partial charge in [0.15, 0.2) is 0 Å². The fourth-order valence-corrected chi connectivity index (χ4v) is 1.32. The van der Waals surface area contributed by atoms with E-state index >= 15 is 0 Å². The summed E-state index contributed by atoms with van der Waals surface area (Å²) in [5.74, 6) is 0.333. The van der Waals surface area contributed by atoms with Crippen molar-refractivity contribution in [3.8, 4) is 12.3 Å². The van der Waals surface area contributed by atoms with Crippen molar-refractivity contribution in [1.29, 1.82) is 0 Å². The van der Waals surface area contributed by atoms with E-state index < -0.39 is 17.9 Å². The zero-order valence-corrected chi connectivity index (χ0v) is 10.1. The van der Waals surface area contributed by atoms with Crippen LogP contribution in [0.4, 0.5) is 0 Å². The molecule has 0 rings (SSSR count). The Morgan fingerprint density at radius 2 is 1.94 bits per heavy atom. The third-order valence-corrected chi connectivity index (χ3v) is 2.29. The highest BCUT2D eigenvalue weighted by molar-refractivity contribution is 5.84. The van der Waals surface area contributed by atoms with Gasteiger partial charge in [-0.25, -0.2) is 4.79 Å². The largest absolute Gasteiger partial charge is 0.480 e. The Morgan fingerprint density at radius 3 is 2.44 bits per heavy atom. The van der Waals surface area contributed by atoms with E-state index in [0.717, 1.165) is 6.42 Å². The number of hydrogen-bond acceptors (Lipinski definition) is 3. The monoisotopic (exact) mass is 254 g/mol. The first kappa shape index (κ1) is 16.0. The molecule has 0 bridgehead atoms. The quantitative estimate of drug-likeness (QED) is 0.398. The zero-order chi connectivity index (χ0) is 14.0. The summed E-state index contributed by atoms with van der Waals surface area (Å²) in [6.07, 6.45) is 7.14. The molecular formula is C12H18N2O4. The SMILES string of the molecule is C#CCCCCC(=O)N[C@H](CCC(N)=O)C(=O)O. The number of carboxylic acids is 1. The van der Waals surface area contributed by atoms with E-state index in [-0.39, 0.29) is 25.2 Å².